The van der Waals surface area contributed by atoms with Crippen molar-refractivity contribution in [2.45, 2.75) is 25.4 Å². The van der Waals surface area contributed by atoms with E-state index in [1.807, 2.05) is 16.7 Å². The van der Waals surface area contributed by atoms with Crippen LogP contribution < -0.4 is 20.7 Å². The van der Waals surface area contributed by atoms with Crippen LogP contribution in [-0.4, -0.2) is 52.3 Å². The maximum absolute atomic E-state index is 13.6. The largest absolute Gasteiger partial charge is 0.468 e. The number of carbonyl (C=O) groups is 1. The van der Waals surface area contributed by atoms with E-state index in [9.17, 15) is 9.36 Å². The molecule has 192 valence electrons. The minimum atomic E-state index is -3.93. The second kappa shape index (κ2) is 11.0. The molecule has 4 rings (SSSR count). The highest BCUT2D eigenvalue weighted by molar-refractivity contribution is 9.10. The molecule has 1 aliphatic carbocycles. The van der Waals surface area contributed by atoms with Crippen molar-refractivity contribution in [2.24, 2.45) is 5.92 Å². The fraction of sp³-hybridized carbons (Fsp3) is 0.364. The Bertz CT molecular complexity index is 1320. The third kappa shape index (κ3) is 5.86. The van der Waals surface area contributed by atoms with Gasteiger partial charge in [-0.1, -0.05) is 28.1 Å². The number of ether oxygens (including phenoxy) is 1. The van der Waals surface area contributed by atoms with Crippen LogP contribution in [0.1, 0.15) is 19.4 Å². The number of halogens is 1. The van der Waals surface area contributed by atoms with Gasteiger partial charge in [-0.25, -0.2) is 9.55 Å². The first-order chi connectivity index (χ1) is 17.2. The zero-order valence-corrected chi connectivity index (χ0v) is 22.4. The summed E-state index contributed by atoms with van der Waals surface area (Å²) in [5, 5.41) is 5.64. The quantitative estimate of drug-likeness (QED) is 0.183. The molecule has 0 amide bonds. The summed E-state index contributed by atoms with van der Waals surface area (Å²) < 4.78 is 32.6. The van der Waals surface area contributed by atoms with Crippen LogP contribution >= 0.6 is 23.7 Å². The van der Waals surface area contributed by atoms with Crippen molar-refractivity contribution in [3.63, 3.8) is 0 Å². The van der Waals surface area contributed by atoms with Gasteiger partial charge < -0.3 is 24.9 Å². The Kier molecular flexibility index (Phi) is 7.94. The normalized spacial score (nSPS) is 19.7. The summed E-state index contributed by atoms with van der Waals surface area (Å²) in [6.07, 6.45) is 6.33. The Morgan fingerprint density at radius 3 is 2.75 bits per heavy atom. The van der Waals surface area contributed by atoms with Crippen LogP contribution in [0.15, 0.2) is 47.2 Å². The molecule has 0 aliphatic heterocycles. The highest BCUT2D eigenvalue weighted by Crippen LogP contribution is 2.46. The number of nitrogen functional groups attached to an aromatic ring is 1. The number of nitrogens with one attached hydrogen (secondary N) is 2. The molecular formula is C22H27BrN7O5P. The smallest absolute Gasteiger partial charge is 0.459 e. The topological polar surface area (TPSA) is 156 Å². The van der Waals surface area contributed by atoms with Gasteiger partial charge in [0.05, 0.1) is 26.1 Å². The average Bonchev–Trinajstić information content (AvgIpc) is 3.50. The van der Waals surface area contributed by atoms with E-state index in [4.69, 9.17) is 19.5 Å². The lowest BCUT2D eigenvalue weighted by molar-refractivity contribution is -0.142. The van der Waals surface area contributed by atoms with Gasteiger partial charge in [-0.15, -0.1) is 0 Å². The second-order valence-corrected chi connectivity index (χ2v) is 10.8. The molecule has 0 saturated carbocycles. The van der Waals surface area contributed by atoms with Crippen molar-refractivity contribution in [3.05, 3.63) is 47.2 Å². The Morgan fingerprint density at radius 1 is 1.31 bits per heavy atom. The number of hydrogen-bond donors (Lipinski definition) is 3. The molecule has 36 heavy (non-hydrogen) atoms. The molecule has 2 heterocycles. The molecule has 1 aliphatic rings. The number of esters is 1. The third-order valence-electron chi connectivity index (χ3n) is 5.59. The first kappa shape index (κ1) is 26.1. The van der Waals surface area contributed by atoms with E-state index in [0.29, 0.717) is 29.2 Å². The summed E-state index contributed by atoms with van der Waals surface area (Å²) in [5.74, 6) is 0.358. The number of hydrogen-bond acceptors (Lipinski definition) is 10. The lowest BCUT2D eigenvalue weighted by Crippen LogP contribution is -2.34. The molecule has 0 saturated heterocycles. The van der Waals surface area contributed by atoms with Gasteiger partial charge in [0, 0.05) is 17.4 Å². The van der Waals surface area contributed by atoms with Crippen LogP contribution in [0.5, 0.6) is 5.75 Å². The van der Waals surface area contributed by atoms with Gasteiger partial charge in [0.25, 0.3) is 0 Å². The maximum atomic E-state index is 13.6. The fourth-order valence-electron chi connectivity index (χ4n) is 3.82. The highest BCUT2D eigenvalue weighted by Gasteiger charge is 2.34. The minimum Gasteiger partial charge on any atom is -0.468 e. The number of nitrogens with zero attached hydrogens (tertiary/aromatic N) is 4. The molecule has 0 bridgehead atoms. The van der Waals surface area contributed by atoms with Gasteiger partial charge >= 0.3 is 13.7 Å². The van der Waals surface area contributed by atoms with E-state index >= 15 is 0 Å². The fourth-order valence-corrected chi connectivity index (χ4v) is 5.63. The van der Waals surface area contributed by atoms with Crippen molar-refractivity contribution in [2.75, 3.05) is 31.8 Å². The first-order valence-corrected chi connectivity index (χ1v) is 13.5. The van der Waals surface area contributed by atoms with Crippen LogP contribution in [0, 0.1) is 5.92 Å². The zero-order chi connectivity index (χ0) is 25.9. The van der Waals surface area contributed by atoms with Gasteiger partial charge in [0.15, 0.2) is 17.0 Å². The van der Waals surface area contributed by atoms with Crippen LogP contribution in [0.2, 0.25) is 0 Å². The van der Waals surface area contributed by atoms with E-state index in [2.05, 4.69) is 41.3 Å². The predicted molar refractivity (Wildman–Crippen MR) is 139 cm³/mol. The molecule has 0 spiro atoms. The summed E-state index contributed by atoms with van der Waals surface area (Å²) in [6, 6.07) is 5.82. The number of benzene rings is 1. The molecule has 3 aromatic rings. The molecule has 4 atom stereocenters. The lowest BCUT2D eigenvalue weighted by Gasteiger charge is -2.24. The molecule has 0 radical (unpaired) electrons. The number of anilines is 2. The van der Waals surface area contributed by atoms with E-state index in [1.54, 1.807) is 37.6 Å². The third-order valence-corrected chi connectivity index (χ3v) is 7.76. The number of methoxy groups -OCH3 is 1. The first-order valence-electron chi connectivity index (χ1n) is 11.1. The van der Waals surface area contributed by atoms with Crippen molar-refractivity contribution in [1.82, 2.24) is 24.6 Å². The summed E-state index contributed by atoms with van der Waals surface area (Å²) in [7, 11) is -0.937. The van der Waals surface area contributed by atoms with Gasteiger partial charge in [-0.05, 0) is 37.6 Å². The molecule has 12 nitrogen and oxygen atoms in total. The number of fused-ring (bicyclic) bond motifs is 1. The van der Waals surface area contributed by atoms with Gasteiger partial charge in [0.2, 0.25) is 5.95 Å². The molecule has 2 aromatic heterocycles. The molecule has 4 N–H and O–H groups in total. The number of allylic oxidation sites excluding steroid dienone is 1. The van der Waals surface area contributed by atoms with Gasteiger partial charge in [0.1, 0.15) is 11.8 Å². The minimum absolute atomic E-state index is 0.0589. The number of rotatable bonds is 10. The highest BCUT2D eigenvalue weighted by atomic mass is 79.9. The van der Waals surface area contributed by atoms with E-state index < -0.39 is 19.8 Å². The van der Waals surface area contributed by atoms with E-state index in [-0.39, 0.29) is 24.5 Å². The average molecular weight is 580 g/mol. The molecule has 1 unspecified atom stereocenters. The van der Waals surface area contributed by atoms with Crippen molar-refractivity contribution in [3.8, 4) is 5.75 Å². The van der Waals surface area contributed by atoms with Crippen LogP contribution in [0.25, 0.3) is 11.2 Å². The monoisotopic (exact) mass is 579 g/mol. The second-order valence-electron chi connectivity index (χ2n) is 8.16. The summed E-state index contributed by atoms with van der Waals surface area (Å²) in [6.45, 7) is 1.61. The van der Waals surface area contributed by atoms with Crippen molar-refractivity contribution in [1.29, 1.82) is 0 Å². The molecule has 0 fully saturated rings. The zero-order valence-electron chi connectivity index (χ0n) is 19.9. The summed E-state index contributed by atoms with van der Waals surface area (Å²) in [4.78, 5) is 24.9. The Labute approximate surface area is 216 Å². The van der Waals surface area contributed by atoms with Crippen LogP contribution in [-0.2, 0) is 18.6 Å². The van der Waals surface area contributed by atoms with Gasteiger partial charge in [-0.3, -0.25) is 9.32 Å². The van der Waals surface area contributed by atoms with E-state index in [1.165, 1.54) is 14.0 Å². The van der Waals surface area contributed by atoms with Gasteiger partial charge in [-0.2, -0.15) is 15.1 Å². The molecular weight excluding hydrogens is 553 g/mol. The van der Waals surface area contributed by atoms with Crippen LogP contribution in [0.4, 0.5) is 11.8 Å². The van der Waals surface area contributed by atoms with Crippen molar-refractivity contribution < 1.29 is 23.1 Å². The van der Waals surface area contributed by atoms with Crippen molar-refractivity contribution >= 4 is 52.6 Å². The standard InChI is InChI=1S/C22H27BrN7O5P/c1-13(21(31)33-3)29-36(32,35-17-8-5-15(23)6-9-17)34-11-14-4-7-16(10-14)30-12-26-18-19(25-2)27-22(24)28-20(18)30/h4-9,12-14,16H,10-11H2,1-3H3,(H,29,32)(H3,24,25,27,28)/t13-,14+,16-,36?/m0/s1. The maximum Gasteiger partial charge on any atom is 0.459 e. The Balaban J connectivity index is 1.47. The SMILES string of the molecule is CNc1nc(N)nc2c1ncn2[C@H]1C=C[C@@H](COP(=O)(N[C@@H](C)C(=O)OC)Oc2ccc(Br)cc2)C1. The van der Waals surface area contributed by atoms with E-state index in [0.717, 1.165) is 4.47 Å². The van der Waals surface area contributed by atoms with Crippen LogP contribution in [0.3, 0.4) is 0 Å². The number of nitrogens with two attached hydrogens (primary N) is 1. The summed E-state index contributed by atoms with van der Waals surface area (Å²) >= 11 is 3.35. The number of aromatic nitrogens is 4. The number of imidazole rings is 1. The Hall–Kier alpha value is -2.99. The molecule has 14 heteroatoms. The lowest BCUT2D eigenvalue weighted by atomic mass is 10.1. The summed E-state index contributed by atoms with van der Waals surface area (Å²) in [5.41, 5.74) is 7.09. The number of carbonyl (C=O) groups excluding carboxylic acids is 1. The Morgan fingerprint density at radius 2 is 2.06 bits per heavy atom. The predicted octanol–water partition coefficient (Wildman–Crippen LogP) is 3.68. The molecule has 1 aromatic carbocycles.